The van der Waals surface area contributed by atoms with Gasteiger partial charge in [-0.3, -0.25) is 10.1 Å². The molecule has 0 bridgehead atoms. The average molecular weight is 394 g/mol. The highest BCUT2D eigenvalue weighted by Crippen LogP contribution is 2.29. The molecule has 4 aromatic rings. The molecule has 0 aliphatic carbocycles. The maximum Gasteiger partial charge on any atom is 0.257 e. The summed E-state index contributed by atoms with van der Waals surface area (Å²) in [7, 11) is 0. The number of aryl methyl sites for hydroxylation is 1. The standard InChI is InChI=1S/C20H18N4O3S/c1-3-17-22-18(24-27-17)12-5-7-13(8-6-12)19(25)23-20-21-15-10-9-14(26-4-2)11-16(15)28-20/h5-11H,3-4H2,1-2H3,(H,21,23,25). The summed E-state index contributed by atoms with van der Waals surface area (Å²) in [6.45, 7) is 4.49. The number of thiazole rings is 1. The van der Waals surface area contributed by atoms with E-state index in [1.807, 2.05) is 32.0 Å². The molecule has 2 heterocycles. The van der Waals surface area contributed by atoms with Crippen molar-refractivity contribution >= 4 is 32.6 Å². The number of fused-ring (bicyclic) bond motifs is 1. The highest BCUT2D eigenvalue weighted by atomic mass is 32.1. The molecule has 1 amide bonds. The molecule has 1 N–H and O–H groups in total. The second-order valence-corrected chi connectivity index (χ2v) is 7.01. The van der Waals surface area contributed by atoms with Crippen molar-refractivity contribution in [1.29, 1.82) is 0 Å². The highest BCUT2D eigenvalue weighted by Gasteiger charge is 2.12. The van der Waals surface area contributed by atoms with Crippen LogP contribution in [0.5, 0.6) is 5.75 Å². The van der Waals surface area contributed by atoms with Crippen molar-refractivity contribution in [3.8, 4) is 17.1 Å². The van der Waals surface area contributed by atoms with E-state index < -0.39 is 0 Å². The van der Waals surface area contributed by atoms with E-state index in [1.165, 1.54) is 11.3 Å². The normalized spacial score (nSPS) is 10.9. The molecule has 0 aliphatic rings. The first-order valence-electron chi connectivity index (χ1n) is 8.94. The number of carbonyl (C=O) groups is 1. The smallest absolute Gasteiger partial charge is 0.257 e. The Bertz CT molecular complexity index is 1120. The Labute approximate surface area is 165 Å². The highest BCUT2D eigenvalue weighted by molar-refractivity contribution is 7.22. The number of ether oxygens (including phenoxy) is 1. The number of benzene rings is 2. The fourth-order valence-electron chi connectivity index (χ4n) is 2.67. The van der Waals surface area contributed by atoms with E-state index in [-0.39, 0.29) is 5.91 Å². The molecule has 2 aromatic heterocycles. The quantitative estimate of drug-likeness (QED) is 0.516. The lowest BCUT2D eigenvalue weighted by Crippen LogP contribution is -2.11. The number of aromatic nitrogens is 3. The van der Waals surface area contributed by atoms with Gasteiger partial charge in [-0.2, -0.15) is 4.98 Å². The van der Waals surface area contributed by atoms with Gasteiger partial charge in [-0.1, -0.05) is 35.5 Å². The van der Waals surface area contributed by atoms with Crippen LogP contribution in [0.4, 0.5) is 5.13 Å². The van der Waals surface area contributed by atoms with Crippen LogP contribution in [-0.4, -0.2) is 27.6 Å². The van der Waals surface area contributed by atoms with E-state index in [0.29, 0.717) is 35.4 Å². The fraction of sp³-hybridized carbons (Fsp3) is 0.200. The predicted molar refractivity (Wildman–Crippen MR) is 108 cm³/mol. The van der Waals surface area contributed by atoms with Gasteiger partial charge in [-0.25, -0.2) is 4.98 Å². The van der Waals surface area contributed by atoms with Crippen LogP contribution in [0.25, 0.3) is 21.6 Å². The van der Waals surface area contributed by atoms with Crippen LogP contribution in [0, 0.1) is 0 Å². The molecule has 2 aromatic carbocycles. The summed E-state index contributed by atoms with van der Waals surface area (Å²) in [6.07, 6.45) is 0.682. The minimum atomic E-state index is -0.224. The van der Waals surface area contributed by atoms with Crippen molar-refractivity contribution in [3.63, 3.8) is 0 Å². The van der Waals surface area contributed by atoms with Crippen molar-refractivity contribution < 1.29 is 14.1 Å². The van der Waals surface area contributed by atoms with Crippen LogP contribution >= 0.6 is 11.3 Å². The molecule has 28 heavy (non-hydrogen) atoms. The third-order valence-corrected chi connectivity index (χ3v) is 5.00. The van der Waals surface area contributed by atoms with Crippen molar-refractivity contribution in [2.75, 3.05) is 11.9 Å². The molecular formula is C20H18N4O3S. The minimum absolute atomic E-state index is 0.224. The first kappa shape index (κ1) is 18.1. The van der Waals surface area contributed by atoms with Gasteiger partial charge in [0.2, 0.25) is 11.7 Å². The molecule has 0 radical (unpaired) electrons. The second kappa shape index (κ2) is 7.77. The number of nitrogens with one attached hydrogen (secondary N) is 1. The van der Waals surface area contributed by atoms with Gasteiger partial charge in [0.25, 0.3) is 5.91 Å². The topological polar surface area (TPSA) is 90.1 Å². The molecule has 4 rings (SSSR count). The lowest BCUT2D eigenvalue weighted by Gasteiger charge is -2.02. The molecule has 8 heteroatoms. The van der Waals surface area contributed by atoms with Crippen LogP contribution < -0.4 is 10.1 Å². The monoisotopic (exact) mass is 394 g/mol. The van der Waals surface area contributed by atoms with Gasteiger partial charge in [0, 0.05) is 17.5 Å². The number of anilines is 1. The summed E-state index contributed by atoms with van der Waals surface area (Å²) >= 11 is 1.41. The predicted octanol–water partition coefficient (Wildman–Crippen LogP) is 4.56. The molecule has 142 valence electrons. The van der Waals surface area contributed by atoms with Crippen LogP contribution in [-0.2, 0) is 6.42 Å². The first-order valence-corrected chi connectivity index (χ1v) is 9.75. The maximum atomic E-state index is 12.5. The lowest BCUT2D eigenvalue weighted by molar-refractivity contribution is 0.102. The number of carbonyl (C=O) groups excluding carboxylic acids is 1. The molecule has 0 saturated carbocycles. The summed E-state index contributed by atoms with van der Waals surface area (Å²) in [5.41, 5.74) is 2.14. The van der Waals surface area contributed by atoms with E-state index in [2.05, 4.69) is 20.4 Å². The molecular weight excluding hydrogens is 376 g/mol. The van der Waals surface area contributed by atoms with Crippen LogP contribution in [0.2, 0.25) is 0 Å². The summed E-state index contributed by atoms with van der Waals surface area (Å²) in [4.78, 5) is 21.3. The minimum Gasteiger partial charge on any atom is -0.494 e. The summed E-state index contributed by atoms with van der Waals surface area (Å²) in [5.74, 6) is 1.66. The Morgan fingerprint density at radius 2 is 1.96 bits per heavy atom. The molecule has 0 fully saturated rings. The Kier molecular flexibility index (Phi) is 5.03. The zero-order valence-corrected chi connectivity index (χ0v) is 16.2. The van der Waals surface area contributed by atoms with E-state index in [9.17, 15) is 4.79 Å². The number of hydrogen-bond acceptors (Lipinski definition) is 7. The largest absolute Gasteiger partial charge is 0.494 e. The molecule has 0 spiro atoms. The van der Waals surface area contributed by atoms with E-state index >= 15 is 0 Å². The van der Waals surface area contributed by atoms with Crippen molar-refractivity contribution in [2.24, 2.45) is 0 Å². The van der Waals surface area contributed by atoms with Gasteiger partial charge in [-0.15, -0.1) is 0 Å². The number of amides is 1. The number of nitrogens with zero attached hydrogens (tertiary/aromatic N) is 3. The molecule has 0 aliphatic heterocycles. The Hall–Kier alpha value is -3.26. The van der Waals surface area contributed by atoms with Crippen LogP contribution in [0.1, 0.15) is 30.1 Å². The van der Waals surface area contributed by atoms with Gasteiger partial charge in [0.1, 0.15) is 5.75 Å². The van der Waals surface area contributed by atoms with Crippen molar-refractivity contribution in [3.05, 3.63) is 53.9 Å². The zero-order valence-electron chi connectivity index (χ0n) is 15.4. The molecule has 0 saturated heterocycles. The van der Waals surface area contributed by atoms with Gasteiger partial charge in [-0.05, 0) is 37.3 Å². The summed E-state index contributed by atoms with van der Waals surface area (Å²) < 4.78 is 11.6. The van der Waals surface area contributed by atoms with Crippen molar-refractivity contribution in [1.82, 2.24) is 15.1 Å². The molecule has 0 atom stereocenters. The number of hydrogen-bond donors (Lipinski definition) is 1. The number of rotatable bonds is 6. The van der Waals surface area contributed by atoms with Gasteiger partial charge in [0.05, 0.1) is 16.8 Å². The van der Waals surface area contributed by atoms with E-state index in [0.717, 1.165) is 21.5 Å². The lowest BCUT2D eigenvalue weighted by atomic mass is 10.1. The van der Waals surface area contributed by atoms with Gasteiger partial charge >= 0.3 is 0 Å². The third-order valence-electron chi connectivity index (χ3n) is 4.07. The fourth-order valence-corrected chi connectivity index (χ4v) is 3.56. The second-order valence-electron chi connectivity index (χ2n) is 5.98. The van der Waals surface area contributed by atoms with E-state index in [4.69, 9.17) is 9.26 Å². The van der Waals surface area contributed by atoms with Crippen LogP contribution in [0.3, 0.4) is 0 Å². The molecule has 7 nitrogen and oxygen atoms in total. The Balaban J connectivity index is 1.49. The Morgan fingerprint density at radius 1 is 1.14 bits per heavy atom. The zero-order chi connectivity index (χ0) is 19.5. The average Bonchev–Trinajstić information content (AvgIpc) is 3.34. The van der Waals surface area contributed by atoms with Crippen LogP contribution in [0.15, 0.2) is 47.0 Å². The Morgan fingerprint density at radius 3 is 2.68 bits per heavy atom. The molecule has 0 unspecified atom stereocenters. The maximum absolute atomic E-state index is 12.5. The first-order chi connectivity index (χ1) is 13.7. The van der Waals surface area contributed by atoms with Crippen molar-refractivity contribution in [2.45, 2.75) is 20.3 Å². The van der Waals surface area contributed by atoms with E-state index in [1.54, 1.807) is 24.3 Å². The summed E-state index contributed by atoms with van der Waals surface area (Å²) in [6, 6.07) is 12.7. The third kappa shape index (κ3) is 3.72. The van der Waals surface area contributed by atoms with Gasteiger partial charge in [0.15, 0.2) is 5.13 Å². The van der Waals surface area contributed by atoms with Gasteiger partial charge < -0.3 is 9.26 Å². The summed E-state index contributed by atoms with van der Waals surface area (Å²) in [5, 5.41) is 7.33. The SMILES string of the molecule is CCOc1ccc2nc(NC(=O)c3ccc(-c4noc(CC)n4)cc3)sc2c1.